The molecule has 0 atom stereocenters. The zero-order valence-corrected chi connectivity index (χ0v) is 13.6. The summed E-state index contributed by atoms with van der Waals surface area (Å²) in [5, 5.41) is 0. The van der Waals surface area contributed by atoms with Gasteiger partial charge < -0.3 is 0 Å². The largest absolute Gasteiger partial charge is 0.240 e. The van der Waals surface area contributed by atoms with Gasteiger partial charge in [0.1, 0.15) is 0 Å². The Morgan fingerprint density at radius 1 is 1.21 bits per heavy atom. The van der Waals surface area contributed by atoms with Crippen molar-refractivity contribution < 1.29 is 8.42 Å². The smallest absolute Gasteiger partial charge is 0.211 e. The molecule has 0 saturated carbocycles. The fourth-order valence-electron chi connectivity index (χ4n) is 1.73. The average Bonchev–Trinajstić information content (AvgIpc) is 2.75. The van der Waals surface area contributed by atoms with Gasteiger partial charge in [-0.3, -0.25) is 0 Å². The van der Waals surface area contributed by atoms with Gasteiger partial charge in [-0.25, -0.2) is 13.1 Å². The van der Waals surface area contributed by atoms with Crippen LogP contribution in [0.5, 0.6) is 0 Å². The average molecular weight is 360 g/mol. The number of nitrogens with one attached hydrogen (secondary N) is 1. The van der Waals surface area contributed by atoms with Crippen molar-refractivity contribution >= 4 is 37.3 Å². The molecule has 1 aromatic heterocycles. The van der Waals surface area contributed by atoms with Crippen LogP contribution < -0.4 is 4.72 Å². The number of thiophene rings is 1. The maximum absolute atomic E-state index is 12.1. The van der Waals surface area contributed by atoms with E-state index >= 15 is 0 Å². The van der Waals surface area contributed by atoms with Gasteiger partial charge >= 0.3 is 0 Å². The molecule has 1 heterocycles. The Balaban J connectivity index is 2.01. The first-order valence-corrected chi connectivity index (χ1v) is 8.88. The summed E-state index contributed by atoms with van der Waals surface area (Å²) in [7, 11) is -3.41. The van der Waals surface area contributed by atoms with Gasteiger partial charge in [-0.2, -0.15) is 0 Å². The van der Waals surface area contributed by atoms with Crippen LogP contribution >= 0.6 is 27.3 Å². The van der Waals surface area contributed by atoms with E-state index in [4.69, 9.17) is 0 Å². The molecule has 0 unspecified atom stereocenters. The van der Waals surface area contributed by atoms with E-state index in [0.717, 1.165) is 14.2 Å². The molecule has 1 N–H and O–H groups in total. The number of hydrogen-bond acceptors (Lipinski definition) is 3. The predicted octanol–water partition coefficient (Wildman–Crippen LogP) is 3.34. The van der Waals surface area contributed by atoms with E-state index in [2.05, 4.69) is 20.7 Å². The summed E-state index contributed by atoms with van der Waals surface area (Å²) >= 11 is 5.01. The minimum atomic E-state index is -3.41. The van der Waals surface area contributed by atoms with Crippen molar-refractivity contribution in [2.75, 3.05) is 6.54 Å². The van der Waals surface area contributed by atoms with Crippen molar-refractivity contribution in [3.8, 4) is 0 Å². The van der Waals surface area contributed by atoms with Crippen LogP contribution in [0.25, 0.3) is 0 Å². The van der Waals surface area contributed by atoms with E-state index in [1.165, 1.54) is 0 Å². The van der Waals surface area contributed by atoms with Crippen molar-refractivity contribution in [3.63, 3.8) is 0 Å². The third kappa shape index (κ3) is 3.89. The minimum Gasteiger partial charge on any atom is -0.211 e. The summed E-state index contributed by atoms with van der Waals surface area (Å²) in [5.74, 6) is 0. The molecule has 1 aromatic carbocycles. The lowest BCUT2D eigenvalue weighted by Crippen LogP contribution is -2.26. The molecule has 3 nitrogen and oxygen atoms in total. The predicted molar refractivity (Wildman–Crippen MR) is 82.1 cm³/mol. The normalized spacial score (nSPS) is 11.7. The number of hydrogen-bond donors (Lipinski definition) is 1. The zero-order valence-electron chi connectivity index (χ0n) is 10.4. The van der Waals surface area contributed by atoms with E-state index in [9.17, 15) is 8.42 Å². The fraction of sp³-hybridized carbons (Fsp3) is 0.231. The Labute approximate surface area is 125 Å². The van der Waals surface area contributed by atoms with Gasteiger partial charge in [0.05, 0.1) is 8.68 Å². The first-order valence-electron chi connectivity index (χ1n) is 5.78. The van der Waals surface area contributed by atoms with E-state index < -0.39 is 10.0 Å². The third-order valence-corrected chi connectivity index (χ3v) is 5.98. The van der Waals surface area contributed by atoms with Gasteiger partial charge in [-0.1, -0.05) is 18.2 Å². The van der Waals surface area contributed by atoms with Crippen LogP contribution in [0.1, 0.15) is 10.4 Å². The first-order chi connectivity index (χ1) is 8.99. The molecule has 0 radical (unpaired) electrons. The van der Waals surface area contributed by atoms with Crippen LogP contribution in [0.15, 0.2) is 45.1 Å². The molecule has 0 aliphatic rings. The van der Waals surface area contributed by atoms with Gasteiger partial charge in [-0.05, 0) is 53.0 Å². The van der Waals surface area contributed by atoms with Gasteiger partial charge in [0, 0.05) is 11.4 Å². The molecule has 2 rings (SSSR count). The first kappa shape index (κ1) is 14.7. The molecule has 0 aliphatic carbocycles. The molecule has 2 aromatic rings. The highest BCUT2D eigenvalue weighted by atomic mass is 79.9. The van der Waals surface area contributed by atoms with Crippen molar-refractivity contribution in [1.29, 1.82) is 0 Å². The van der Waals surface area contributed by atoms with Crippen LogP contribution in [0.4, 0.5) is 0 Å². The number of sulfonamides is 1. The Morgan fingerprint density at radius 3 is 2.58 bits per heavy atom. The Morgan fingerprint density at radius 2 is 1.95 bits per heavy atom. The SMILES string of the molecule is Cc1ccccc1S(=O)(=O)NCCc1ccc(Br)s1. The molecule has 0 amide bonds. The zero-order chi connectivity index (χ0) is 13.9. The van der Waals surface area contributed by atoms with E-state index in [1.807, 2.05) is 18.2 Å². The Bertz CT molecular complexity index is 665. The van der Waals surface area contributed by atoms with Crippen LogP contribution in [0, 0.1) is 6.92 Å². The summed E-state index contributed by atoms with van der Waals surface area (Å²) < 4.78 is 28.0. The van der Waals surface area contributed by atoms with Crippen LogP contribution in [0.2, 0.25) is 0 Å². The van der Waals surface area contributed by atoms with Crippen molar-refractivity contribution in [3.05, 3.63) is 50.6 Å². The molecule has 6 heteroatoms. The summed E-state index contributed by atoms with van der Waals surface area (Å²) in [6.07, 6.45) is 0.696. The highest BCUT2D eigenvalue weighted by Gasteiger charge is 2.15. The second-order valence-corrected chi connectivity index (χ2v) is 8.40. The van der Waals surface area contributed by atoms with Crippen LogP contribution in [-0.4, -0.2) is 15.0 Å². The summed E-state index contributed by atoms with van der Waals surface area (Å²) in [6.45, 7) is 2.20. The van der Waals surface area contributed by atoms with Gasteiger partial charge in [0.2, 0.25) is 10.0 Å². The topological polar surface area (TPSA) is 46.2 Å². The maximum atomic E-state index is 12.1. The highest BCUT2D eigenvalue weighted by molar-refractivity contribution is 9.11. The molecule has 102 valence electrons. The lowest BCUT2D eigenvalue weighted by atomic mass is 10.2. The number of rotatable bonds is 5. The van der Waals surface area contributed by atoms with E-state index in [-0.39, 0.29) is 0 Å². The molecule has 0 fully saturated rings. The summed E-state index contributed by atoms with van der Waals surface area (Å²) in [6, 6.07) is 11.0. The number of aryl methyl sites for hydroxylation is 1. The number of halogens is 1. The van der Waals surface area contributed by atoms with Crippen LogP contribution in [0.3, 0.4) is 0 Å². The summed E-state index contributed by atoms with van der Waals surface area (Å²) in [5.41, 5.74) is 0.758. The fourth-order valence-corrected chi connectivity index (χ4v) is 4.49. The summed E-state index contributed by atoms with van der Waals surface area (Å²) in [4.78, 5) is 1.50. The molecule has 19 heavy (non-hydrogen) atoms. The van der Waals surface area contributed by atoms with Crippen molar-refractivity contribution in [2.45, 2.75) is 18.2 Å². The van der Waals surface area contributed by atoms with E-state index in [1.54, 1.807) is 36.5 Å². The van der Waals surface area contributed by atoms with Crippen LogP contribution in [-0.2, 0) is 16.4 Å². The van der Waals surface area contributed by atoms with Gasteiger partial charge in [-0.15, -0.1) is 11.3 Å². The van der Waals surface area contributed by atoms with Crippen molar-refractivity contribution in [2.24, 2.45) is 0 Å². The lowest BCUT2D eigenvalue weighted by Gasteiger charge is -2.08. The lowest BCUT2D eigenvalue weighted by molar-refractivity contribution is 0.581. The molecule has 0 aliphatic heterocycles. The molecular weight excluding hydrogens is 346 g/mol. The highest BCUT2D eigenvalue weighted by Crippen LogP contribution is 2.22. The molecule has 0 bridgehead atoms. The van der Waals surface area contributed by atoms with Crippen molar-refractivity contribution in [1.82, 2.24) is 4.72 Å². The third-order valence-electron chi connectivity index (χ3n) is 2.68. The molecule has 0 saturated heterocycles. The monoisotopic (exact) mass is 359 g/mol. The van der Waals surface area contributed by atoms with Gasteiger partial charge in [0.25, 0.3) is 0 Å². The number of benzene rings is 1. The standard InChI is InChI=1S/C13H14BrNO2S2/c1-10-4-2-3-5-12(10)19(16,17)15-9-8-11-6-7-13(14)18-11/h2-7,15H,8-9H2,1H3. The second-order valence-electron chi connectivity index (χ2n) is 4.12. The molecule has 0 spiro atoms. The Kier molecular flexibility index (Phi) is 4.78. The van der Waals surface area contributed by atoms with Gasteiger partial charge in [0.15, 0.2) is 0 Å². The maximum Gasteiger partial charge on any atom is 0.240 e. The Hall–Kier alpha value is -0.690. The quantitative estimate of drug-likeness (QED) is 0.889. The second kappa shape index (κ2) is 6.17. The molecular formula is C13H14BrNO2S2. The van der Waals surface area contributed by atoms with E-state index in [0.29, 0.717) is 17.9 Å². The minimum absolute atomic E-state index is 0.349.